The number of carbonyl (C=O) groups excluding carboxylic acids is 1. The molecular weight excluding hydrogens is 435 g/mol. The van der Waals surface area contributed by atoms with Gasteiger partial charge >= 0.3 is 0 Å². The summed E-state index contributed by atoms with van der Waals surface area (Å²) in [5.41, 5.74) is 1.45. The van der Waals surface area contributed by atoms with Gasteiger partial charge in [0.25, 0.3) is 0 Å². The van der Waals surface area contributed by atoms with Crippen molar-refractivity contribution in [3.63, 3.8) is 0 Å². The molecular formula is C24H32Cl2N2O3. The van der Waals surface area contributed by atoms with E-state index >= 15 is 0 Å². The molecule has 0 bridgehead atoms. The summed E-state index contributed by atoms with van der Waals surface area (Å²) >= 11 is 12.1. The van der Waals surface area contributed by atoms with Crippen LogP contribution in [0, 0.1) is 5.92 Å². The molecule has 1 heterocycles. The maximum absolute atomic E-state index is 12.5. The molecule has 5 nitrogen and oxygen atoms in total. The molecule has 1 aromatic heterocycles. The van der Waals surface area contributed by atoms with Crippen molar-refractivity contribution in [2.45, 2.75) is 51.7 Å². The molecule has 4 atom stereocenters. The Balaban J connectivity index is 0.00000151. The molecule has 3 N–H and O–H groups in total. The lowest BCUT2D eigenvalue weighted by atomic mass is 9.83. The van der Waals surface area contributed by atoms with Crippen molar-refractivity contribution in [1.82, 2.24) is 10.3 Å². The third kappa shape index (κ3) is 8.99. The molecule has 0 saturated heterocycles. The van der Waals surface area contributed by atoms with Crippen molar-refractivity contribution in [2.24, 2.45) is 5.92 Å². The van der Waals surface area contributed by atoms with Crippen LogP contribution in [-0.4, -0.2) is 33.8 Å². The maximum Gasteiger partial charge on any atom is 0.223 e. The topological polar surface area (TPSA) is 82.5 Å². The van der Waals surface area contributed by atoms with Gasteiger partial charge in [0.15, 0.2) is 0 Å². The number of carbonyl (C=O) groups is 1. The van der Waals surface area contributed by atoms with Crippen molar-refractivity contribution in [3.05, 3.63) is 76.6 Å². The second kappa shape index (κ2) is 14.2. The van der Waals surface area contributed by atoms with Crippen LogP contribution in [0.2, 0.25) is 10.0 Å². The summed E-state index contributed by atoms with van der Waals surface area (Å²) < 4.78 is 0. The average molecular weight is 467 g/mol. The van der Waals surface area contributed by atoms with Gasteiger partial charge in [-0.05, 0) is 49.1 Å². The van der Waals surface area contributed by atoms with Crippen LogP contribution in [0.25, 0.3) is 0 Å². The molecule has 0 aliphatic rings. The van der Waals surface area contributed by atoms with Gasteiger partial charge in [0.05, 0.1) is 23.8 Å². The number of allylic oxidation sites excluding steroid dienone is 1. The van der Waals surface area contributed by atoms with Crippen LogP contribution in [0.1, 0.15) is 56.8 Å². The zero-order valence-electron chi connectivity index (χ0n) is 18.3. The van der Waals surface area contributed by atoms with Crippen molar-refractivity contribution < 1.29 is 15.0 Å². The van der Waals surface area contributed by atoms with E-state index in [2.05, 4.69) is 16.9 Å². The zero-order chi connectivity index (χ0) is 23.4. The zero-order valence-corrected chi connectivity index (χ0v) is 19.8. The van der Waals surface area contributed by atoms with E-state index in [4.69, 9.17) is 23.2 Å². The Hall–Kier alpha value is -1.92. The average Bonchev–Trinajstić information content (AvgIpc) is 2.76. The molecule has 2 aromatic rings. The molecule has 1 aromatic carbocycles. The summed E-state index contributed by atoms with van der Waals surface area (Å²) in [6, 6.07) is 8.45. The van der Waals surface area contributed by atoms with Crippen molar-refractivity contribution in [1.29, 1.82) is 0 Å². The lowest BCUT2D eigenvalue weighted by Gasteiger charge is -2.27. The molecule has 0 aliphatic carbocycles. The Bertz CT molecular complexity index is 811. The predicted octanol–water partition coefficient (Wildman–Crippen LogP) is 5.31. The van der Waals surface area contributed by atoms with Crippen LogP contribution in [0.3, 0.4) is 0 Å². The lowest BCUT2D eigenvalue weighted by molar-refractivity contribution is -0.126. The first-order chi connectivity index (χ1) is 14.8. The van der Waals surface area contributed by atoms with E-state index in [0.717, 1.165) is 5.56 Å². The number of aromatic nitrogens is 1. The van der Waals surface area contributed by atoms with Gasteiger partial charge in [0, 0.05) is 29.3 Å². The Labute approximate surface area is 195 Å². The molecule has 170 valence electrons. The smallest absolute Gasteiger partial charge is 0.223 e. The molecule has 2 rings (SSSR count). The summed E-state index contributed by atoms with van der Waals surface area (Å²) in [5, 5.41) is 24.2. The number of aliphatic hydroxyl groups excluding tert-OH is 2. The predicted molar refractivity (Wildman–Crippen MR) is 127 cm³/mol. The summed E-state index contributed by atoms with van der Waals surface area (Å²) in [6.07, 6.45) is 5.11. The quantitative estimate of drug-likeness (QED) is 0.437. The van der Waals surface area contributed by atoms with Gasteiger partial charge in [0.2, 0.25) is 5.91 Å². The number of amides is 1. The number of pyridine rings is 1. The highest BCUT2D eigenvalue weighted by Gasteiger charge is 2.28. The third-order valence-corrected chi connectivity index (χ3v) is 5.32. The Morgan fingerprint density at radius 1 is 1.19 bits per heavy atom. The van der Waals surface area contributed by atoms with Gasteiger partial charge in [-0.15, -0.1) is 6.58 Å². The fourth-order valence-corrected chi connectivity index (χ4v) is 3.39. The third-order valence-electron chi connectivity index (χ3n) is 4.86. The van der Waals surface area contributed by atoms with E-state index in [1.807, 2.05) is 13.8 Å². The first-order valence-corrected chi connectivity index (χ1v) is 11.0. The summed E-state index contributed by atoms with van der Waals surface area (Å²) in [5.74, 6) is -0.932. The summed E-state index contributed by atoms with van der Waals surface area (Å²) in [4.78, 5) is 16.7. The molecule has 1 amide bonds. The Morgan fingerprint density at radius 3 is 2.32 bits per heavy atom. The molecule has 7 heteroatoms. The van der Waals surface area contributed by atoms with E-state index in [0.29, 0.717) is 28.5 Å². The number of halogens is 2. The molecule has 4 unspecified atom stereocenters. The summed E-state index contributed by atoms with van der Waals surface area (Å²) in [6.45, 7) is 8.85. The second-order valence-electron chi connectivity index (χ2n) is 7.38. The van der Waals surface area contributed by atoms with Crippen LogP contribution in [0.15, 0.2) is 55.4 Å². The number of rotatable bonds is 9. The standard InChI is InChI=1S/C21H26Cl2N2O3.C3H6/c1-3-18(12-26)25-21(28)13(2)8-19(15-9-17(23)11-24-10-15)20(27)14-4-6-16(22)7-5-14;1-3-2/h4-7,9-11,13,18-20,26-27H,3,8,12H2,1-2H3,(H,25,28);3H,1H2,2H3. The van der Waals surface area contributed by atoms with Crippen LogP contribution >= 0.6 is 23.2 Å². The van der Waals surface area contributed by atoms with Crippen LogP contribution in [-0.2, 0) is 4.79 Å². The maximum atomic E-state index is 12.5. The van der Waals surface area contributed by atoms with Gasteiger partial charge in [-0.25, -0.2) is 0 Å². The monoisotopic (exact) mass is 466 g/mol. The van der Waals surface area contributed by atoms with E-state index in [1.165, 1.54) is 6.20 Å². The molecule has 0 saturated carbocycles. The first-order valence-electron chi connectivity index (χ1n) is 10.3. The summed E-state index contributed by atoms with van der Waals surface area (Å²) in [7, 11) is 0. The molecule has 31 heavy (non-hydrogen) atoms. The number of aliphatic hydroxyl groups is 2. The highest BCUT2D eigenvalue weighted by atomic mass is 35.5. The van der Waals surface area contributed by atoms with Gasteiger partial charge in [-0.2, -0.15) is 0 Å². The van der Waals surface area contributed by atoms with Crippen LogP contribution in [0.5, 0.6) is 0 Å². The fraction of sp³-hybridized carbons (Fsp3) is 0.417. The Kier molecular flexibility index (Phi) is 12.4. The Morgan fingerprint density at radius 2 is 1.81 bits per heavy atom. The normalized spacial score (nSPS) is 14.4. The van der Waals surface area contributed by atoms with E-state index < -0.39 is 6.10 Å². The van der Waals surface area contributed by atoms with Crippen LogP contribution < -0.4 is 5.32 Å². The molecule has 0 radical (unpaired) electrons. The second-order valence-corrected chi connectivity index (χ2v) is 8.25. The minimum atomic E-state index is -0.854. The molecule has 0 spiro atoms. The highest BCUT2D eigenvalue weighted by Crippen LogP contribution is 2.37. The number of nitrogens with zero attached hydrogens (tertiary/aromatic N) is 1. The van der Waals surface area contributed by atoms with Crippen molar-refractivity contribution >= 4 is 29.1 Å². The number of benzene rings is 1. The van der Waals surface area contributed by atoms with E-state index in [1.54, 1.807) is 49.5 Å². The van der Waals surface area contributed by atoms with Crippen LogP contribution in [0.4, 0.5) is 0 Å². The minimum absolute atomic E-state index is 0.107. The SMILES string of the molecule is C=CC.CCC(CO)NC(=O)C(C)CC(c1cncc(Cl)c1)C(O)c1ccc(Cl)cc1. The molecule has 0 aliphatic heterocycles. The number of nitrogens with one attached hydrogen (secondary N) is 1. The largest absolute Gasteiger partial charge is 0.394 e. The van der Waals surface area contributed by atoms with E-state index in [9.17, 15) is 15.0 Å². The first kappa shape index (κ1) is 27.1. The van der Waals surface area contributed by atoms with Gasteiger partial charge in [0.1, 0.15) is 0 Å². The van der Waals surface area contributed by atoms with Crippen molar-refractivity contribution in [3.8, 4) is 0 Å². The van der Waals surface area contributed by atoms with Gasteiger partial charge < -0.3 is 15.5 Å². The van der Waals surface area contributed by atoms with Gasteiger partial charge in [-0.1, -0.05) is 55.3 Å². The fourth-order valence-electron chi connectivity index (χ4n) is 3.08. The lowest BCUT2D eigenvalue weighted by Crippen LogP contribution is -2.40. The minimum Gasteiger partial charge on any atom is -0.394 e. The van der Waals surface area contributed by atoms with Crippen molar-refractivity contribution in [2.75, 3.05) is 6.61 Å². The molecule has 0 fully saturated rings. The number of hydrogen-bond acceptors (Lipinski definition) is 4. The van der Waals surface area contributed by atoms with Gasteiger partial charge in [-0.3, -0.25) is 9.78 Å². The van der Waals surface area contributed by atoms with E-state index in [-0.39, 0.29) is 30.4 Å². The number of hydrogen-bond donors (Lipinski definition) is 3. The highest BCUT2D eigenvalue weighted by molar-refractivity contribution is 6.30.